The second kappa shape index (κ2) is 9.89. The van der Waals surface area contributed by atoms with E-state index in [2.05, 4.69) is 10.3 Å². The van der Waals surface area contributed by atoms with Crippen molar-refractivity contribution in [2.45, 2.75) is 31.9 Å². The number of hydrogen-bond donors (Lipinski definition) is 1. The smallest absolute Gasteiger partial charge is 0.414 e. The number of carbonyl (C=O) groups is 2. The average Bonchev–Trinajstić information content (AvgIpc) is 3.46. The number of hydrogen-bond acceptors (Lipinski definition) is 8. The lowest BCUT2D eigenvalue weighted by Gasteiger charge is -2.30. The first-order chi connectivity index (χ1) is 16.3. The van der Waals surface area contributed by atoms with E-state index in [9.17, 15) is 24.1 Å². The third-order valence-corrected chi connectivity index (χ3v) is 5.72. The molecule has 1 aromatic heterocycles. The number of furan rings is 1. The van der Waals surface area contributed by atoms with Crippen molar-refractivity contribution in [3.63, 3.8) is 0 Å². The summed E-state index contributed by atoms with van der Waals surface area (Å²) in [5.41, 5.74) is 0.749. The van der Waals surface area contributed by atoms with Gasteiger partial charge in [0.15, 0.2) is 0 Å². The number of halogens is 1. The average molecular weight is 473 g/mol. The van der Waals surface area contributed by atoms with Crippen LogP contribution in [0.5, 0.6) is 0 Å². The van der Waals surface area contributed by atoms with Crippen LogP contribution in [0.3, 0.4) is 0 Å². The number of ether oxygens (including phenoxy) is 1. The number of benzene rings is 1. The third kappa shape index (κ3) is 5.16. The Balaban J connectivity index is 1.39. The first kappa shape index (κ1) is 23.2. The van der Waals surface area contributed by atoms with Crippen LogP contribution in [0.1, 0.15) is 25.5 Å². The van der Waals surface area contributed by atoms with Crippen LogP contribution in [0.25, 0.3) is 0 Å². The van der Waals surface area contributed by atoms with E-state index in [1.165, 1.54) is 30.2 Å². The van der Waals surface area contributed by atoms with Gasteiger partial charge in [-0.15, -0.1) is 0 Å². The Hall–Kier alpha value is -3.96. The lowest BCUT2D eigenvalue weighted by atomic mass is 10.0. The van der Waals surface area contributed by atoms with Gasteiger partial charge in [0.2, 0.25) is 11.7 Å². The summed E-state index contributed by atoms with van der Waals surface area (Å²) in [6.45, 7) is 2.71. The lowest BCUT2D eigenvalue weighted by molar-refractivity contribution is -0.350. The topological polar surface area (TPSA) is 131 Å². The zero-order chi connectivity index (χ0) is 24.2. The molecule has 2 aliphatic heterocycles. The minimum atomic E-state index is -0.598. The summed E-state index contributed by atoms with van der Waals surface area (Å²) in [7, 11) is 0. The molecule has 12 heteroatoms. The van der Waals surface area contributed by atoms with Gasteiger partial charge in [-0.3, -0.25) is 9.69 Å². The Morgan fingerprint density at radius 1 is 1.32 bits per heavy atom. The lowest BCUT2D eigenvalue weighted by Crippen LogP contribution is -2.36. The molecule has 2 amide bonds. The molecule has 2 aliphatic rings. The van der Waals surface area contributed by atoms with Gasteiger partial charge in [0.05, 0.1) is 30.7 Å². The normalized spacial score (nSPS) is 19.3. The molecule has 1 N–H and O–H groups in total. The maximum atomic E-state index is 15.0. The molecular weight excluding hydrogens is 449 g/mol. The van der Waals surface area contributed by atoms with Crippen molar-refractivity contribution >= 4 is 29.2 Å². The molecule has 0 radical (unpaired) electrons. The molecule has 2 aromatic rings. The summed E-state index contributed by atoms with van der Waals surface area (Å²) >= 11 is 0. The quantitative estimate of drug-likeness (QED) is 0.295. The van der Waals surface area contributed by atoms with Crippen molar-refractivity contribution in [2.75, 3.05) is 36.0 Å². The Kier molecular flexibility index (Phi) is 6.75. The predicted octanol–water partition coefficient (Wildman–Crippen LogP) is 2.57. The van der Waals surface area contributed by atoms with Gasteiger partial charge in [-0.05, 0) is 35.3 Å². The number of aliphatic imine (C=N–C) groups is 1. The van der Waals surface area contributed by atoms with E-state index in [1.54, 1.807) is 18.2 Å². The Morgan fingerprint density at radius 2 is 2.09 bits per heavy atom. The summed E-state index contributed by atoms with van der Waals surface area (Å²) in [6.07, 6.45) is 1.28. The predicted molar refractivity (Wildman–Crippen MR) is 120 cm³/mol. The van der Waals surface area contributed by atoms with E-state index in [0.29, 0.717) is 37.3 Å². The zero-order valence-electron chi connectivity index (χ0n) is 18.5. The number of amides is 2. The van der Waals surface area contributed by atoms with Crippen molar-refractivity contribution in [2.24, 2.45) is 4.99 Å². The van der Waals surface area contributed by atoms with Crippen LogP contribution in [0.2, 0.25) is 0 Å². The van der Waals surface area contributed by atoms with Gasteiger partial charge in [0.1, 0.15) is 18.0 Å². The second-order valence-corrected chi connectivity index (χ2v) is 8.09. The minimum absolute atomic E-state index is 0.105. The van der Waals surface area contributed by atoms with Crippen molar-refractivity contribution in [1.82, 2.24) is 5.32 Å². The molecule has 1 aromatic carbocycles. The first-order valence-corrected chi connectivity index (χ1v) is 10.8. The fourth-order valence-electron chi connectivity index (χ4n) is 4.03. The summed E-state index contributed by atoms with van der Waals surface area (Å²) in [5.74, 6) is -0.920. The Labute approximate surface area is 194 Å². The van der Waals surface area contributed by atoms with E-state index >= 15 is 0 Å². The molecule has 34 heavy (non-hydrogen) atoms. The zero-order valence-corrected chi connectivity index (χ0v) is 18.5. The summed E-state index contributed by atoms with van der Waals surface area (Å²) in [5, 5.41) is 13.9. The van der Waals surface area contributed by atoms with Crippen molar-refractivity contribution in [3.05, 3.63) is 58.3 Å². The summed E-state index contributed by atoms with van der Waals surface area (Å²) in [6, 6.07) is 7.31. The summed E-state index contributed by atoms with van der Waals surface area (Å²) < 4.78 is 25.3. The molecule has 2 fully saturated rings. The van der Waals surface area contributed by atoms with E-state index in [-0.39, 0.29) is 36.6 Å². The highest BCUT2D eigenvalue weighted by Gasteiger charge is 2.33. The number of anilines is 2. The molecule has 0 saturated carbocycles. The number of nitro groups is 1. The molecule has 2 saturated heterocycles. The van der Waals surface area contributed by atoms with Gasteiger partial charge in [-0.1, -0.05) is 4.99 Å². The third-order valence-electron chi connectivity index (χ3n) is 5.72. The molecule has 4 rings (SSSR count). The van der Waals surface area contributed by atoms with Crippen LogP contribution >= 0.6 is 0 Å². The number of rotatable bonds is 6. The van der Waals surface area contributed by atoms with Crippen molar-refractivity contribution in [1.29, 1.82) is 0 Å². The maximum Gasteiger partial charge on any atom is 0.414 e. The molecule has 0 bridgehead atoms. The SMILES string of the molecule is CC(=O)NCC1CN(c2ccc(N3CCC(N=C(c4ccco4)[N+](=O)[O-])CC3)c(F)c2)C(=O)O1. The largest absolute Gasteiger partial charge is 0.456 e. The number of nitrogens with one attached hydrogen (secondary N) is 1. The fraction of sp³-hybridized carbons (Fsp3) is 0.409. The molecule has 1 atom stereocenters. The number of amidine groups is 1. The first-order valence-electron chi connectivity index (χ1n) is 10.8. The fourth-order valence-corrected chi connectivity index (χ4v) is 4.03. The van der Waals surface area contributed by atoms with Gasteiger partial charge in [-0.2, -0.15) is 0 Å². The number of nitrogens with zero attached hydrogens (tertiary/aromatic N) is 4. The van der Waals surface area contributed by atoms with Crippen LogP contribution in [-0.2, 0) is 9.53 Å². The molecule has 0 aliphatic carbocycles. The Bertz CT molecular complexity index is 1100. The number of cyclic esters (lactones) is 1. The van der Waals surface area contributed by atoms with Gasteiger partial charge in [-0.25, -0.2) is 9.18 Å². The highest BCUT2D eigenvalue weighted by atomic mass is 19.1. The van der Waals surface area contributed by atoms with Crippen molar-refractivity contribution < 1.29 is 28.1 Å². The van der Waals surface area contributed by atoms with E-state index < -0.39 is 22.9 Å². The van der Waals surface area contributed by atoms with E-state index in [4.69, 9.17) is 9.15 Å². The van der Waals surface area contributed by atoms with Crippen LogP contribution < -0.4 is 15.1 Å². The van der Waals surface area contributed by atoms with Gasteiger partial charge >= 0.3 is 11.9 Å². The Morgan fingerprint density at radius 3 is 2.71 bits per heavy atom. The molecule has 180 valence electrons. The molecule has 0 spiro atoms. The molecule has 11 nitrogen and oxygen atoms in total. The summed E-state index contributed by atoms with van der Waals surface area (Å²) in [4.78, 5) is 41.5. The highest BCUT2D eigenvalue weighted by molar-refractivity contribution is 5.90. The van der Waals surface area contributed by atoms with E-state index in [1.807, 2.05) is 4.90 Å². The van der Waals surface area contributed by atoms with Crippen LogP contribution in [0, 0.1) is 15.9 Å². The maximum absolute atomic E-state index is 15.0. The minimum Gasteiger partial charge on any atom is -0.456 e. The van der Waals surface area contributed by atoms with Crippen LogP contribution in [0.4, 0.5) is 20.6 Å². The molecular formula is C22H24FN5O6. The van der Waals surface area contributed by atoms with Gasteiger partial charge < -0.3 is 29.5 Å². The second-order valence-electron chi connectivity index (χ2n) is 8.09. The van der Waals surface area contributed by atoms with Crippen LogP contribution in [-0.4, -0.2) is 61.1 Å². The highest BCUT2D eigenvalue weighted by Crippen LogP contribution is 2.30. The van der Waals surface area contributed by atoms with Crippen LogP contribution in [0.15, 0.2) is 46.0 Å². The number of piperidine rings is 1. The van der Waals surface area contributed by atoms with Gasteiger partial charge in [0.25, 0.3) is 0 Å². The number of carbonyl (C=O) groups excluding carboxylic acids is 2. The van der Waals surface area contributed by atoms with Gasteiger partial charge in [0, 0.05) is 32.9 Å². The molecule has 3 heterocycles. The molecule has 1 unspecified atom stereocenters. The van der Waals surface area contributed by atoms with Crippen molar-refractivity contribution in [3.8, 4) is 0 Å². The van der Waals surface area contributed by atoms with E-state index in [0.717, 1.165) is 0 Å². The monoisotopic (exact) mass is 473 g/mol. The standard InChI is InChI=1S/C22H24FN5O6/c1-14(29)24-12-17-13-27(22(30)34-17)16-4-5-19(18(23)11-16)26-8-6-15(7-9-26)25-21(28(31)32)20-3-2-10-33-20/h2-5,10-11,15,17H,6-9,12-13H2,1H3,(H,24,29).